The van der Waals surface area contributed by atoms with Crippen LogP contribution in [0.25, 0.3) is 0 Å². The minimum atomic E-state index is -3.10. The lowest BCUT2D eigenvalue weighted by atomic mass is 10.1. The molecule has 1 atom stereocenters. The Balaban J connectivity index is 2.24. The average molecular weight is 360 g/mol. The maximum atomic E-state index is 11.8. The molecule has 0 aliphatic carbocycles. The van der Waals surface area contributed by atoms with Gasteiger partial charge in [-0.05, 0) is 37.1 Å². The van der Waals surface area contributed by atoms with Crippen LogP contribution in [0.4, 0.5) is 5.69 Å². The lowest BCUT2D eigenvalue weighted by Gasteiger charge is -2.31. The van der Waals surface area contributed by atoms with Crippen molar-refractivity contribution in [3.8, 4) is 0 Å². The Morgan fingerprint density at radius 2 is 1.90 bits per heavy atom. The molecule has 2 rings (SSSR count). The number of benzene rings is 1. The molecule has 1 saturated heterocycles. The van der Waals surface area contributed by atoms with Crippen molar-refractivity contribution < 1.29 is 8.42 Å². The third-order valence-electron chi connectivity index (χ3n) is 3.96. The third-order valence-corrected chi connectivity index (χ3v) is 6.46. The topological polar surface area (TPSA) is 37.4 Å². The fourth-order valence-corrected chi connectivity index (χ4v) is 4.25. The van der Waals surface area contributed by atoms with E-state index in [-0.39, 0.29) is 5.75 Å². The van der Waals surface area contributed by atoms with Crippen LogP contribution in [0, 0.1) is 0 Å². The van der Waals surface area contributed by atoms with Crippen LogP contribution in [0.5, 0.6) is 0 Å². The van der Waals surface area contributed by atoms with Gasteiger partial charge in [-0.2, -0.15) is 0 Å². The maximum absolute atomic E-state index is 11.8. The molecule has 0 radical (unpaired) electrons. The summed E-state index contributed by atoms with van der Waals surface area (Å²) in [5, 5.41) is 0.960. The number of halogens is 1. The van der Waals surface area contributed by atoms with Gasteiger partial charge in [0, 0.05) is 23.6 Å². The van der Waals surface area contributed by atoms with Crippen LogP contribution in [0.2, 0.25) is 0 Å². The average Bonchev–Trinajstić information content (AvgIpc) is 2.72. The van der Waals surface area contributed by atoms with E-state index in [0.29, 0.717) is 10.9 Å². The number of anilines is 1. The number of nitrogens with zero attached hydrogens (tertiary/aromatic N) is 1. The molecule has 0 spiro atoms. The molecule has 20 heavy (non-hydrogen) atoms. The summed E-state index contributed by atoms with van der Waals surface area (Å²) >= 11 is 3.60. The summed E-state index contributed by atoms with van der Waals surface area (Å²) in [5.74, 6) is 0.153. The molecular formula is C15H22BrNO2S. The van der Waals surface area contributed by atoms with Crippen LogP contribution in [-0.4, -0.2) is 32.1 Å². The smallest absolute Gasteiger partial charge is 0.178 e. The van der Waals surface area contributed by atoms with Crippen molar-refractivity contribution in [2.45, 2.75) is 43.5 Å². The zero-order chi connectivity index (χ0) is 14.6. The van der Waals surface area contributed by atoms with E-state index in [4.69, 9.17) is 0 Å². The van der Waals surface area contributed by atoms with Crippen molar-refractivity contribution in [2.24, 2.45) is 0 Å². The summed E-state index contributed by atoms with van der Waals surface area (Å²) in [6.07, 6.45) is 4.95. The number of rotatable bonds is 4. The van der Waals surface area contributed by atoms with E-state index in [0.717, 1.165) is 17.6 Å². The minimum Gasteiger partial charge on any atom is -0.368 e. The summed E-state index contributed by atoms with van der Waals surface area (Å²) < 4.78 is 23.7. The highest BCUT2D eigenvalue weighted by Gasteiger charge is 2.21. The van der Waals surface area contributed by atoms with Gasteiger partial charge in [0.15, 0.2) is 9.84 Å². The first-order chi connectivity index (χ1) is 9.58. The van der Waals surface area contributed by atoms with Crippen LogP contribution < -0.4 is 4.90 Å². The van der Waals surface area contributed by atoms with Crippen molar-refractivity contribution in [3.05, 3.63) is 24.3 Å². The maximum Gasteiger partial charge on any atom is 0.178 e. The van der Waals surface area contributed by atoms with E-state index in [1.165, 1.54) is 25.7 Å². The van der Waals surface area contributed by atoms with Crippen LogP contribution >= 0.6 is 15.9 Å². The number of sulfone groups is 1. The van der Waals surface area contributed by atoms with Crippen molar-refractivity contribution in [2.75, 3.05) is 22.5 Å². The van der Waals surface area contributed by atoms with Crippen LogP contribution in [0.3, 0.4) is 0 Å². The van der Waals surface area contributed by atoms with Gasteiger partial charge in [0.05, 0.1) is 10.6 Å². The van der Waals surface area contributed by atoms with Gasteiger partial charge < -0.3 is 4.90 Å². The fraction of sp³-hybridized carbons (Fsp3) is 0.600. The Kier molecular flexibility index (Phi) is 5.49. The van der Waals surface area contributed by atoms with Crippen molar-refractivity contribution >= 4 is 31.5 Å². The van der Waals surface area contributed by atoms with Crippen molar-refractivity contribution in [1.29, 1.82) is 0 Å². The molecule has 0 saturated carbocycles. The van der Waals surface area contributed by atoms with Gasteiger partial charge >= 0.3 is 0 Å². The number of hydrogen-bond donors (Lipinski definition) is 0. The van der Waals surface area contributed by atoms with Gasteiger partial charge in [-0.1, -0.05) is 35.7 Å². The normalized spacial score (nSPS) is 20.7. The minimum absolute atomic E-state index is 0.153. The predicted octanol–water partition coefficient (Wildman–Crippen LogP) is 3.62. The second-order valence-corrected chi connectivity index (χ2v) is 8.17. The summed E-state index contributed by atoms with van der Waals surface area (Å²) in [7, 11) is -3.10. The Bertz CT molecular complexity index is 527. The van der Waals surface area contributed by atoms with Gasteiger partial charge in [-0.15, -0.1) is 0 Å². The van der Waals surface area contributed by atoms with E-state index < -0.39 is 9.84 Å². The van der Waals surface area contributed by atoms with E-state index in [1.54, 1.807) is 19.1 Å². The molecule has 0 N–H and O–H groups in total. The zero-order valence-electron chi connectivity index (χ0n) is 11.9. The SMILES string of the molecule is CCS(=O)(=O)c1ccc(N2CCCCCC2CBr)cc1. The second-order valence-electron chi connectivity index (χ2n) is 5.25. The Morgan fingerprint density at radius 1 is 1.20 bits per heavy atom. The molecular weight excluding hydrogens is 338 g/mol. The first-order valence-corrected chi connectivity index (χ1v) is 10.0. The fourth-order valence-electron chi connectivity index (χ4n) is 2.69. The molecule has 1 aliphatic heterocycles. The van der Waals surface area contributed by atoms with E-state index in [9.17, 15) is 8.42 Å². The summed E-state index contributed by atoms with van der Waals surface area (Å²) in [4.78, 5) is 2.83. The van der Waals surface area contributed by atoms with Crippen LogP contribution in [0.15, 0.2) is 29.2 Å². The largest absolute Gasteiger partial charge is 0.368 e. The molecule has 1 heterocycles. The summed E-state index contributed by atoms with van der Waals surface area (Å²) in [5.41, 5.74) is 1.13. The molecule has 0 bridgehead atoms. The monoisotopic (exact) mass is 359 g/mol. The van der Waals surface area contributed by atoms with Gasteiger partial charge in [-0.25, -0.2) is 8.42 Å². The Hall–Kier alpha value is -0.550. The molecule has 1 aromatic carbocycles. The Morgan fingerprint density at radius 3 is 2.50 bits per heavy atom. The first-order valence-electron chi connectivity index (χ1n) is 7.24. The molecule has 0 aromatic heterocycles. The summed E-state index contributed by atoms with van der Waals surface area (Å²) in [6.45, 7) is 2.73. The lowest BCUT2D eigenvalue weighted by Crippen LogP contribution is -2.36. The van der Waals surface area contributed by atoms with Crippen molar-refractivity contribution in [3.63, 3.8) is 0 Å². The summed E-state index contributed by atoms with van der Waals surface area (Å²) in [6, 6.07) is 7.88. The van der Waals surface area contributed by atoms with Crippen LogP contribution in [0.1, 0.15) is 32.6 Å². The molecule has 112 valence electrons. The molecule has 5 heteroatoms. The number of alkyl halides is 1. The van der Waals surface area contributed by atoms with Gasteiger partial charge in [-0.3, -0.25) is 0 Å². The molecule has 0 amide bonds. The molecule has 1 aromatic rings. The molecule has 1 unspecified atom stereocenters. The van der Waals surface area contributed by atoms with Crippen LogP contribution in [-0.2, 0) is 9.84 Å². The molecule has 1 aliphatic rings. The number of hydrogen-bond acceptors (Lipinski definition) is 3. The Labute approximate surface area is 130 Å². The van der Waals surface area contributed by atoms with Gasteiger partial charge in [0.25, 0.3) is 0 Å². The van der Waals surface area contributed by atoms with E-state index >= 15 is 0 Å². The highest BCUT2D eigenvalue weighted by molar-refractivity contribution is 9.09. The van der Waals surface area contributed by atoms with Gasteiger partial charge in [0.2, 0.25) is 0 Å². The zero-order valence-corrected chi connectivity index (χ0v) is 14.3. The predicted molar refractivity (Wildman–Crippen MR) is 87.6 cm³/mol. The molecule has 1 fully saturated rings. The van der Waals surface area contributed by atoms with E-state index in [1.807, 2.05) is 12.1 Å². The lowest BCUT2D eigenvalue weighted by molar-refractivity contribution is 0.597. The highest BCUT2D eigenvalue weighted by Crippen LogP contribution is 2.26. The second kappa shape index (κ2) is 6.94. The quantitative estimate of drug-likeness (QED) is 0.770. The third kappa shape index (κ3) is 3.55. The molecule has 3 nitrogen and oxygen atoms in total. The van der Waals surface area contributed by atoms with Gasteiger partial charge in [0.1, 0.15) is 0 Å². The van der Waals surface area contributed by atoms with E-state index in [2.05, 4.69) is 20.8 Å². The van der Waals surface area contributed by atoms with Crippen molar-refractivity contribution in [1.82, 2.24) is 0 Å². The first kappa shape index (κ1) is 15.8. The highest BCUT2D eigenvalue weighted by atomic mass is 79.9. The standard InChI is InChI=1S/C15H22BrNO2S/c1-2-20(18,19)15-9-7-13(8-10-15)17-11-5-3-4-6-14(17)12-16/h7-10,14H,2-6,11-12H2,1H3.